The maximum Gasteiger partial charge on any atom is 0.164 e. The predicted octanol–water partition coefficient (Wildman–Crippen LogP) is 1.80. The van der Waals surface area contributed by atoms with Gasteiger partial charge in [0.1, 0.15) is 0 Å². The SMILES string of the molecule is CCc1cc(OC)c(OC)cc1C(=O)CCN. The second-order valence-corrected chi connectivity index (χ2v) is 3.68. The molecule has 0 fully saturated rings. The lowest BCUT2D eigenvalue weighted by Gasteiger charge is -2.13. The number of hydrogen-bond donors (Lipinski definition) is 1. The number of nitrogens with two attached hydrogens (primary N) is 1. The molecule has 94 valence electrons. The van der Waals surface area contributed by atoms with Gasteiger partial charge < -0.3 is 15.2 Å². The number of carbonyl (C=O) groups excluding carboxylic acids is 1. The lowest BCUT2D eigenvalue weighted by molar-refractivity contribution is 0.0984. The van der Waals surface area contributed by atoms with E-state index in [4.69, 9.17) is 15.2 Å². The minimum Gasteiger partial charge on any atom is -0.493 e. The maximum absolute atomic E-state index is 11.9. The van der Waals surface area contributed by atoms with Gasteiger partial charge in [-0.1, -0.05) is 6.92 Å². The molecular weight excluding hydrogens is 218 g/mol. The summed E-state index contributed by atoms with van der Waals surface area (Å²) < 4.78 is 10.4. The number of methoxy groups -OCH3 is 2. The van der Waals surface area contributed by atoms with Crippen LogP contribution in [0.25, 0.3) is 0 Å². The van der Waals surface area contributed by atoms with Crippen LogP contribution in [0.1, 0.15) is 29.3 Å². The summed E-state index contributed by atoms with van der Waals surface area (Å²) in [6, 6.07) is 3.58. The molecule has 0 bridgehead atoms. The molecule has 4 nitrogen and oxygen atoms in total. The first-order valence-corrected chi connectivity index (χ1v) is 5.66. The predicted molar refractivity (Wildman–Crippen MR) is 66.9 cm³/mol. The minimum absolute atomic E-state index is 0.0466. The first kappa shape index (κ1) is 13.5. The van der Waals surface area contributed by atoms with Gasteiger partial charge in [-0.3, -0.25) is 4.79 Å². The van der Waals surface area contributed by atoms with Crippen LogP contribution in [0, 0.1) is 0 Å². The molecule has 0 aliphatic heterocycles. The summed E-state index contributed by atoms with van der Waals surface area (Å²) in [4.78, 5) is 11.9. The van der Waals surface area contributed by atoms with Gasteiger partial charge in [0.05, 0.1) is 14.2 Å². The first-order chi connectivity index (χ1) is 8.17. The van der Waals surface area contributed by atoms with Crippen molar-refractivity contribution in [2.45, 2.75) is 19.8 Å². The quantitative estimate of drug-likeness (QED) is 0.766. The van der Waals surface area contributed by atoms with Crippen LogP contribution in [0.4, 0.5) is 0 Å². The molecule has 1 aromatic rings. The Kier molecular flexibility index (Phi) is 4.97. The molecule has 2 N–H and O–H groups in total. The van der Waals surface area contributed by atoms with Gasteiger partial charge in [0.25, 0.3) is 0 Å². The smallest absolute Gasteiger partial charge is 0.164 e. The molecule has 0 saturated heterocycles. The van der Waals surface area contributed by atoms with Crippen LogP contribution in [0.3, 0.4) is 0 Å². The maximum atomic E-state index is 11.9. The first-order valence-electron chi connectivity index (χ1n) is 5.66. The number of ether oxygens (including phenoxy) is 2. The summed E-state index contributed by atoms with van der Waals surface area (Å²) in [5.41, 5.74) is 7.04. The second-order valence-electron chi connectivity index (χ2n) is 3.68. The highest BCUT2D eigenvalue weighted by atomic mass is 16.5. The van der Waals surface area contributed by atoms with Crippen molar-refractivity contribution in [2.24, 2.45) is 5.73 Å². The van der Waals surface area contributed by atoms with E-state index >= 15 is 0 Å². The molecule has 0 heterocycles. The average molecular weight is 237 g/mol. The molecule has 0 saturated carbocycles. The van der Waals surface area contributed by atoms with Crippen LogP contribution in [0.5, 0.6) is 11.5 Å². The monoisotopic (exact) mass is 237 g/mol. The Morgan fingerprint density at radius 1 is 1.24 bits per heavy atom. The van der Waals surface area contributed by atoms with Crippen molar-refractivity contribution >= 4 is 5.78 Å². The molecule has 0 radical (unpaired) electrons. The number of rotatable bonds is 6. The lowest BCUT2D eigenvalue weighted by atomic mass is 9.99. The zero-order chi connectivity index (χ0) is 12.8. The number of ketones is 1. The standard InChI is InChI=1S/C13H19NO3/c1-4-9-7-12(16-2)13(17-3)8-10(9)11(15)5-6-14/h7-8H,4-6,14H2,1-3H3. The normalized spacial score (nSPS) is 10.1. The largest absolute Gasteiger partial charge is 0.493 e. The van der Waals surface area contributed by atoms with Gasteiger partial charge in [-0.25, -0.2) is 0 Å². The summed E-state index contributed by atoms with van der Waals surface area (Å²) in [6.45, 7) is 2.36. The fourth-order valence-electron chi connectivity index (χ4n) is 1.74. The number of carbonyl (C=O) groups is 1. The van der Waals surface area contributed by atoms with Crippen molar-refractivity contribution in [3.63, 3.8) is 0 Å². The van der Waals surface area contributed by atoms with Gasteiger partial charge in [-0.15, -0.1) is 0 Å². The fourth-order valence-corrected chi connectivity index (χ4v) is 1.74. The molecular formula is C13H19NO3. The van der Waals surface area contributed by atoms with E-state index in [1.165, 1.54) is 0 Å². The highest BCUT2D eigenvalue weighted by molar-refractivity contribution is 5.98. The van der Waals surface area contributed by atoms with E-state index in [-0.39, 0.29) is 5.78 Å². The number of Topliss-reactive ketones (excluding diaryl/α,β-unsaturated/α-hetero) is 1. The molecule has 17 heavy (non-hydrogen) atoms. The van der Waals surface area contributed by atoms with Crippen molar-refractivity contribution in [1.29, 1.82) is 0 Å². The second kappa shape index (κ2) is 6.25. The van der Waals surface area contributed by atoms with Gasteiger partial charge in [0.2, 0.25) is 0 Å². The third-order valence-electron chi connectivity index (χ3n) is 2.66. The average Bonchev–Trinajstić information content (AvgIpc) is 2.37. The molecule has 4 heteroatoms. The Balaban J connectivity index is 3.23. The van der Waals surface area contributed by atoms with E-state index in [2.05, 4.69) is 0 Å². The summed E-state index contributed by atoms with van der Waals surface area (Å²) in [5, 5.41) is 0. The van der Waals surface area contributed by atoms with Gasteiger partial charge in [0.15, 0.2) is 17.3 Å². The van der Waals surface area contributed by atoms with Gasteiger partial charge >= 0.3 is 0 Å². The van der Waals surface area contributed by atoms with Gasteiger partial charge in [-0.05, 0) is 30.7 Å². The van der Waals surface area contributed by atoms with E-state index in [0.717, 1.165) is 12.0 Å². The van der Waals surface area contributed by atoms with Crippen LogP contribution in [0.15, 0.2) is 12.1 Å². The van der Waals surface area contributed by atoms with Crippen molar-refractivity contribution in [2.75, 3.05) is 20.8 Å². The van der Waals surface area contributed by atoms with E-state index in [1.807, 2.05) is 13.0 Å². The molecule has 0 unspecified atom stereocenters. The molecule has 0 spiro atoms. The number of aryl methyl sites for hydroxylation is 1. The highest BCUT2D eigenvalue weighted by Crippen LogP contribution is 2.31. The Hall–Kier alpha value is -1.55. The summed E-state index contributed by atoms with van der Waals surface area (Å²) in [6.07, 6.45) is 1.12. The Labute approximate surface area is 102 Å². The van der Waals surface area contributed by atoms with E-state index in [9.17, 15) is 4.79 Å². The third-order valence-corrected chi connectivity index (χ3v) is 2.66. The summed E-state index contributed by atoms with van der Waals surface area (Å²) >= 11 is 0. The van der Waals surface area contributed by atoms with E-state index < -0.39 is 0 Å². The molecule has 0 atom stereocenters. The van der Waals surface area contributed by atoms with Gasteiger partial charge in [-0.2, -0.15) is 0 Å². The lowest BCUT2D eigenvalue weighted by Crippen LogP contribution is -2.10. The molecule has 1 rings (SSSR count). The third kappa shape index (κ3) is 2.97. The molecule has 1 aromatic carbocycles. The number of hydrogen-bond acceptors (Lipinski definition) is 4. The highest BCUT2D eigenvalue weighted by Gasteiger charge is 2.15. The van der Waals surface area contributed by atoms with Crippen molar-refractivity contribution in [3.8, 4) is 11.5 Å². The summed E-state index contributed by atoms with van der Waals surface area (Å²) in [7, 11) is 3.14. The van der Waals surface area contributed by atoms with Crippen LogP contribution in [-0.4, -0.2) is 26.5 Å². The molecule has 0 aromatic heterocycles. The topological polar surface area (TPSA) is 61.5 Å². The van der Waals surface area contributed by atoms with Crippen molar-refractivity contribution < 1.29 is 14.3 Å². The zero-order valence-electron chi connectivity index (χ0n) is 10.6. The van der Waals surface area contributed by atoms with E-state index in [1.54, 1.807) is 20.3 Å². The Morgan fingerprint density at radius 2 is 1.82 bits per heavy atom. The van der Waals surface area contributed by atoms with Gasteiger partial charge in [0, 0.05) is 12.0 Å². The molecule has 0 aliphatic carbocycles. The van der Waals surface area contributed by atoms with Crippen molar-refractivity contribution in [1.82, 2.24) is 0 Å². The number of benzene rings is 1. The summed E-state index contributed by atoms with van der Waals surface area (Å²) in [5.74, 6) is 1.27. The van der Waals surface area contributed by atoms with Crippen molar-refractivity contribution in [3.05, 3.63) is 23.3 Å². The fraction of sp³-hybridized carbons (Fsp3) is 0.462. The zero-order valence-corrected chi connectivity index (χ0v) is 10.6. The van der Waals surface area contributed by atoms with Crippen LogP contribution in [0.2, 0.25) is 0 Å². The van der Waals surface area contributed by atoms with Crippen LogP contribution >= 0.6 is 0 Å². The molecule has 0 amide bonds. The Bertz CT molecular complexity index is 402. The van der Waals surface area contributed by atoms with Crippen LogP contribution < -0.4 is 15.2 Å². The van der Waals surface area contributed by atoms with Crippen LogP contribution in [-0.2, 0) is 6.42 Å². The minimum atomic E-state index is 0.0466. The molecule has 0 aliphatic rings. The van der Waals surface area contributed by atoms with E-state index in [0.29, 0.717) is 30.0 Å². The Morgan fingerprint density at radius 3 is 2.29 bits per heavy atom.